The maximum absolute atomic E-state index is 13.4. The number of alkyl halides is 2. The number of pyridine rings is 3. The SMILES string of the molecule is COc1cnc2c(-c3ccccn3)c(-c3ccnc(NC(=O)C(CC(F)F)c4ccc(F)cc4)c3)[nH]c2c1. The van der Waals surface area contributed by atoms with Gasteiger partial charge in [-0.2, -0.15) is 0 Å². The lowest BCUT2D eigenvalue weighted by Crippen LogP contribution is -2.23. The van der Waals surface area contributed by atoms with Crippen LogP contribution in [0.4, 0.5) is 19.0 Å². The Morgan fingerprint density at radius 3 is 2.55 bits per heavy atom. The molecule has 4 heterocycles. The van der Waals surface area contributed by atoms with E-state index in [0.717, 1.165) is 23.2 Å². The van der Waals surface area contributed by atoms with Gasteiger partial charge in [-0.3, -0.25) is 14.8 Å². The number of benzene rings is 1. The summed E-state index contributed by atoms with van der Waals surface area (Å²) in [6, 6.07) is 15.7. The number of fused-ring (bicyclic) bond motifs is 1. The van der Waals surface area contributed by atoms with Crippen molar-refractivity contribution in [3.05, 3.63) is 90.6 Å². The third-order valence-corrected chi connectivity index (χ3v) is 6.07. The molecule has 0 saturated carbocycles. The van der Waals surface area contributed by atoms with Gasteiger partial charge in [0.2, 0.25) is 12.3 Å². The molecule has 0 bridgehead atoms. The number of aromatic amines is 1. The fraction of sp³-hybridized carbons (Fsp3) is 0.143. The molecule has 5 aromatic rings. The van der Waals surface area contributed by atoms with Gasteiger partial charge >= 0.3 is 0 Å². The summed E-state index contributed by atoms with van der Waals surface area (Å²) in [6.07, 6.45) is 1.36. The first-order valence-corrected chi connectivity index (χ1v) is 11.7. The molecule has 0 aliphatic rings. The molecule has 5 rings (SSSR count). The van der Waals surface area contributed by atoms with Crippen molar-refractivity contribution in [2.24, 2.45) is 0 Å². The summed E-state index contributed by atoms with van der Waals surface area (Å²) in [5.41, 5.74) is 4.45. The lowest BCUT2D eigenvalue weighted by molar-refractivity contribution is -0.118. The number of hydrogen-bond acceptors (Lipinski definition) is 5. The van der Waals surface area contributed by atoms with Gasteiger partial charge in [-0.15, -0.1) is 0 Å². The molecule has 1 unspecified atom stereocenters. The zero-order valence-corrected chi connectivity index (χ0v) is 20.2. The van der Waals surface area contributed by atoms with Crippen LogP contribution in [0.2, 0.25) is 0 Å². The second kappa shape index (κ2) is 10.7. The summed E-state index contributed by atoms with van der Waals surface area (Å²) >= 11 is 0. The van der Waals surface area contributed by atoms with Crippen LogP contribution < -0.4 is 10.1 Å². The molecule has 0 fully saturated rings. The highest BCUT2D eigenvalue weighted by atomic mass is 19.3. The number of rotatable bonds is 8. The number of nitrogens with zero attached hydrogens (tertiary/aromatic N) is 3. The molecule has 1 aromatic carbocycles. The van der Waals surface area contributed by atoms with Crippen molar-refractivity contribution >= 4 is 22.8 Å². The number of carbonyl (C=O) groups is 1. The first kappa shape index (κ1) is 24.9. The molecule has 0 saturated heterocycles. The molecule has 0 radical (unpaired) electrons. The number of halogens is 3. The van der Waals surface area contributed by atoms with E-state index in [1.165, 1.54) is 18.3 Å². The highest BCUT2D eigenvalue weighted by Crippen LogP contribution is 2.38. The minimum atomic E-state index is -2.73. The van der Waals surface area contributed by atoms with Crippen molar-refractivity contribution in [3.8, 4) is 28.3 Å². The summed E-state index contributed by atoms with van der Waals surface area (Å²) in [4.78, 5) is 29.7. The summed E-state index contributed by atoms with van der Waals surface area (Å²) in [6.45, 7) is 0. The maximum Gasteiger partial charge on any atom is 0.239 e. The normalized spacial score (nSPS) is 12.0. The number of anilines is 1. The molecule has 4 aromatic heterocycles. The maximum atomic E-state index is 13.4. The fourth-order valence-corrected chi connectivity index (χ4v) is 4.28. The third kappa shape index (κ3) is 5.19. The molecule has 10 heteroatoms. The van der Waals surface area contributed by atoms with Crippen molar-refractivity contribution in [2.75, 3.05) is 12.4 Å². The Bertz CT molecular complexity index is 1570. The highest BCUT2D eigenvalue weighted by molar-refractivity contribution is 6.01. The van der Waals surface area contributed by atoms with Crippen LogP contribution in [-0.4, -0.2) is 39.4 Å². The van der Waals surface area contributed by atoms with Crippen molar-refractivity contribution in [3.63, 3.8) is 0 Å². The number of methoxy groups -OCH3 is 1. The van der Waals surface area contributed by atoms with Gasteiger partial charge in [-0.25, -0.2) is 18.2 Å². The lowest BCUT2D eigenvalue weighted by Gasteiger charge is -2.17. The summed E-state index contributed by atoms with van der Waals surface area (Å²) in [5.74, 6) is -1.63. The highest BCUT2D eigenvalue weighted by Gasteiger charge is 2.26. The van der Waals surface area contributed by atoms with Gasteiger partial charge in [0, 0.05) is 30.4 Å². The molecule has 2 N–H and O–H groups in total. The number of amides is 1. The fourth-order valence-electron chi connectivity index (χ4n) is 4.28. The standard InChI is InChI=1S/C28H22F3N5O2/c1-38-19-13-22-27(34-15-19)25(21-4-2-3-10-32-21)26(35-22)17-9-11-33-24(12-17)36-28(37)20(14-23(30)31)16-5-7-18(29)8-6-16/h2-13,15,20,23,35H,14H2,1H3,(H,33,36,37). The Hall–Kier alpha value is -4.73. The third-order valence-electron chi connectivity index (χ3n) is 6.07. The molecule has 0 spiro atoms. The minimum absolute atomic E-state index is 0.171. The van der Waals surface area contributed by atoms with Crippen LogP contribution in [0.15, 0.2) is 79.3 Å². The van der Waals surface area contributed by atoms with Crippen LogP contribution in [0, 0.1) is 5.82 Å². The van der Waals surface area contributed by atoms with E-state index in [1.54, 1.807) is 31.6 Å². The van der Waals surface area contributed by atoms with Gasteiger partial charge in [-0.05, 0) is 42.0 Å². The van der Waals surface area contributed by atoms with Crippen LogP contribution in [0.5, 0.6) is 5.75 Å². The van der Waals surface area contributed by atoms with E-state index < -0.39 is 30.5 Å². The van der Waals surface area contributed by atoms with E-state index in [0.29, 0.717) is 28.2 Å². The topological polar surface area (TPSA) is 92.8 Å². The summed E-state index contributed by atoms with van der Waals surface area (Å²) in [5, 5.41) is 2.64. The Balaban J connectivity index is 1.52. The predicted octanol–water partition coefficient (Wildman–Crippen LogP) is 6.21. The Labute approximate surface area is 215 Å². The number of hydrogen-bond donors (Lipinski definition) is 2. The van der Waals surface area contributed by atoms with Crippen molar-refractivity contribution in [1.29, 1.82) is 0 Å². The first-order chi connectivity index (χ1) is 18.4. The molecule has 0 aliphatic heterocycles. The van der Waals surface area contributed by atoms with Crippen LogP contribution in [-0.2, 0) is 4.79 Å². The van der Waals surface area contributed by atoms with Gasteiger partial charge in [-0.1, -0.05) is 18.2 Å². The molecule has 1 amide bonds. The predicted molar refractivity (Wildman–Crippen MR) is 137 cm³/mol. The number of carbonyl (C=O) groups excluding carboxylic acids is 1. The van der Waals surface area contributed by atoms with E-state index in [1.807, 2.05) is 24.3 Å². The van der Waals surface area contributed by atoms with E-state index >= 15 is 0 Å². The second-order valence-electron chi connectivity index (χ2n) is 8.51. The van der Waals surface area contributed by atoms with Gasteiger partial charge in [0.05, 0.1) is 47.2 Å². The summed E-state index contributed by atoms with van der Waals surface area (Å²) in [7, 11) is 1.55. The molecule has 1 atom stereocenters. The number of H-pyrrole nitrogens is 1. The first-order valence-electron chi connectivity index (χ1n) is 11.7. The van der Waals surface area contributed by atoms with Crippen LogP contribution in [0.25, 0.3) is 33.5 Å². The van der Waals surface area contributed by atoms with Gasteiger partial charge < -0.3 is 15.0 Å². The number of nitrogens with one attached hydrogen (secondary N) is 2. The molecular formula is C28H22F3N5O2. The molecule has 7 nitrogen and oxygen atoms in total. The monoisotopic (exact) mass is 517 g/mol. The Morgan fingerprint density at radius 2 is 1.84 bits per heavy atom. The van der Waals surface area contributed by atoms with Gasteiger partial charge in [0.25, 0.3) is 0 Å². The molecular weight excluding hydrogens is 495 g/mol. The van der Waals surface area contributed by atoms with Crippen molar-refractivity contribution in [1.82, 2.24) is 19.9 Å². The van der Waals surface area contributed by atoms with Crippen LogP contribution in [0.3, 0.4) is 0 Å². The van der Waals surface area contributed by atoms with E-state index in [9.17, 15) is 18.0 Å². The van der Waals surface area contributed by atoms with E-state index in [-0.39, 0.29) is 11.4 Å². The number of aromatic nitrogens is 4. The van der Waals surface area contributed by atoms with E-state index in [2.05, 4.69) is 25.3 Å². The van der Waals surface area contributed by atoms with E-state index in [4.69, 9.17) is 4.74 Å². The average Bonchev–Trinajstić information content (AvgIpc) is 3.31. The largest absolute Gasteiger partial charge is 0.495 e. The Kier molecular flexibility index (Phi) is 7.03. The smallest absolute Gasteiger partial charge is 0.239 e. The molecule has 192 valence electrons. The second-order valence-corrected chi connectivity index (χ2v) is 8.51. The molecule has 0 aliphatic carbocycles. The lowest BCUT2D eigenvalue weighted by atomic mass is 9.95. The minimum Gasteiger partial charge on any atom is -0.495 e. The van der Waals surface area contributed by atoms with Crippen molar-refractivity contribution < 1.29 is 22.7 Å². The number of ether oxygens (including phenoxy) is 1. The zero-order valence-electron chi connectivity index (χ0n) is 20.2. The van der Waals surface area contributed by atoms with Crippen LogP contribution in [0.1, 0.15) is 17.9 Å². The van der Waals surface area contributed by atoms with Crippen LogP contribution >= 0.6 is 0 Å². The van der Waals surface area contributed by atoms with Crippen molar-refractivity contribution in [2.45, 2.75) is 18.8 Å². The quantitative estimate of drug-likeness (QED) is 0.255. The van der Waals surface area contributed by atoms with Gasteiger partial charge in [0.15, 0.2) is 0 Å². The zero-order chi connectivity index (χ0) is 26.6. The van der Waals surface area contributed by atoms with Gasteiger partial charge in [0.1, 0.15) is 17.4 Å². The molecule has 38 heavy (non-hydrogen) atoms. The summed E-state index contributed by atoms with van der Waals surface area (Å²) < 4.78 is 45.3. The average molecular weight is 518 g/mol. The Morgan fingerprint density at radius 1 is 1.03 bits per heavy atom.